The molecule has 0 saturated heterocycles. The van der Waals surface area contributed by atoms with Gasteiger partial charge in [0.15, 0.2) is 0 Å². The zero-order valence-corrected chi connectivity index (χ0v) is 13.8. The second-order valence-corrected chi connectivity index (χ2v) is 6.22. The second kappa shape index (κ2) is 6.23. The van der Waals surface area contributed by atoms with Crippen molar-refractivity contribution in [2.45, 2.75) is 39.0 Å². The van der Waals surface area contributed by atoms with Crippen LogP contribution in [0.2, 0.25) is 0 Å². The van der Waals surface area contributed by atoms with Gasteiger partial charge < -0.3 is 10.5 Å². The van der Waals surface area contributed by atoms with Crippen LogP contribution in [0.1, 0.15) is 30.2 Å². The van der Waals surface area contributed by atoms with E-state index in [4.69, 9.17) is 10.5 Å². The first-order chi connectivity index (χ1) is 11.4. The number of benzene rings is 1. The van der Waals surface area contributed by atoms with Gasteiger partial charge in [0, 0.05) is 11.1 Å². The Hall–Kier alpha value is -2.43. The van der Waals surface area contributed by atoms with E-state index in [-0.39, 0.29) is 11.5 Å². The molecule has 2 atom stereocenters. The van der Waals surface area contributed by atoms with Crippen molar-refractivity contribution < 1.29 is 13.5 Å². The maximum atomic E-state index is 14.5. The molecule has 0 radical (unpaired) electrons. The molecule has 1 unspecified atom stereocenters. The summed E-state index contributed by atoms with van der Waals surface area (Å²) >= 11 is 0. The lowest BCUT2D eigenvalue weighted by Crippen LogP contribution is -2.31. The minimum Gasteiger partial charge on any atom is -0.471 e. The topological polar surface area (TPSA) is 48.1 Å². The quantitative estimate of drug-likeness (QED) is 0.918. The van der Waals surface area contributed by atoms with Crippen molar-refractivity contribution in [3.05, 3.63) is 53.5 Å². The molecule has 0 fully saturated rings. The second-order valence-electron chi connectivity index (χ2n) is 6.22. The van der Waals surface area contributed by atoms with Crippen LogP contribution in [-0.4, -0.2) is 17.3 Å². The first kappa shape index (κ1) is 16.4. The molecular formula is C19H20F2N2O. The Labute approximate surface area is 140 Å². The summed E-state index contributed by atoms with van der Waals surface area (Å²) in [5, 5.41) is 0. The molecular weight excluding hydrogens is 310 g/mol. The van der Waals surface area contributed by atoms with Crippen molar-refractivity contribution in [2.24, 2.45) is 5.73 Å². The molecule has 3 rings (SSSR count). The van der Waals surface area contributed by atoms with E-state index in [1.807, 2.05) is 13.0 Å². The highest BCUT2D eigenvalue weighted by Gasteiger charge is 2.29. The lowest BCUT2D eigenvalue weighted by molar-refractivity contribution is 0.0861. The van der Waals surface area contributed by atoms with Crippen LogP contribution in [0.4, 0.5) is 8.78 Å². The highest BCUT2D eigenvalue weighted by atomic mass is 19.1. The Morgan fingerprint density at radius 1 is 1.38 bits per heavy atom. The largest absolute Gasteiger partial charge is 0.471 e. The van der Waals surface area contributed by atoms with Gasteiger partial charge in [0.25, 0.3) is 0 Å². The molecule has 2 heterocycles. The number of halogens is 2. The summed E-state index contributed by atoms with van der Waals surface area (Å²) in [5.74, 6) is -0.00667. The van der Waals surface area contributed by atoms with Gasteiger partial charge in [0.2, 0.25) is 5.88 Å². The normalized spacial score (nSPS) is 17.8. The lowest BCUT2D eigenvalue weighted by Gasteiger charge is -2.28. The molecule has 0 bridgehead atoms. The van der Waals surface area contributed by atoms with Gasteiger partial charge in [-0.05, 0) is 49.9 Å². The average Bonchev–Trinajstić information content (AvgIpc) is 2.53. The number of hydrogen-bond donors (Lipinski definition) is 1. The van der Waals surface area contributed by atoms with E-state index in [0.717, 1.165) is 11.1 Å². The van der Waals surface area contributed by atoms with Gasteiger partial charge in [-0.15, -0.1) is 0 Å². The van der Waals surface area contributed by atoms with E-state index in [1.165, 1.54) is 13.0 Å². The summed E-state index contributed by atoms with van der Waals surface area (Å²) in [5.41, 5.74) is 9.18. The lowest BCUT2D eigenvalue weighted by atomic mass is 9.92. The molecule has 3 nitrogen and oxygen atoms in total. The molecule has 0 spiro atoms. The number of ether oxygens (including phenoxy) is 1. The predicted octanol–water partition coefficient (Wildman–Crippen LogP) is 4.18. The zero-order valence-electron chi connectivity index (χ0n) is 13.8. The summed E-state index contributed by atoms with van der Waals surface area (Å²) in [4.78, 5) is 4.34. The summed E-state index contributed by atoms with van der Waals surface area (Å²) in [7, 11) is 0. The van der Waals surface area contributed by atoms with Crippen LogP contribution >= 0.6 is 0 Å². The van der Waals surface area contributed by atoms with Gasteiger partial charge >= 0.3 is 0 Å². The van der Waals surface area contributed by atoms with Crippen LogP contribution < -0.4 is 10.5 Å². The molecule has 24 heavy (non-hydrogen) atoms. The van der Waals surface area contributed by atoms with Crippen molar-refractivity contribution in [2.75, 3.05) is 0 Å². The average molecular weight is 330 g/mol. The first-order valence-corrected chi connectivity index (χ1v) is 7.92. The van der Waals surface area contributed by atoms with E-state index in [9.17, 15) is 8.78 Å². The smallest absolute Gasteiger partial charge is 0.218 e. The standard InChI is InChI=1S/C19H20F2N2O/c1-10-4-5-13(16(21)8-10)15-9-17(12(3)22)23-19-14(15)6-7-18(24-19)11(2)20/h4-5,8-9,11,18H,3,6-7,22H2,1-2H3/t11?,18-/m1/s1. The fraction of sp³-hybridized carbons (Fsp3) is 0.316. The maximum absolute atomic E-state index is 14.5. The molecule has 1 aliphatic heterocycles. The SMILES string of the molecule is C=C(N)c1cc(-c2ccc(C)cc2F)c2c(n1)O[C@@H](C(C)F)CC2. The number of alkyl halides is 1. The summed E-state index contributed by atoms with van der Waals surface area (Å²) in [6.07, 6.45) is -0.567. The third kappa shape index (κ3) is 2.98. The third-order valence-electron chi connectivity index (χ3n) is 4.28. The van der Waals surface area contributed by atoms with Crippen LogP contribution in [0.15, 0.2) is 30.8 Å². The van der Waals surface area contributed by atoms with E-state index < -0.39 is 12.3 Å². The minimum absolute atomic E-state index is 0.255. The number of aryl methyl sites for hydroxylation is 1. The Morgan fingerprint density at radius 2 is 2.12 bits per heavy atom. The zero-order chi connectivity index (χ0) is 17.4. The molecule has 0 saturated carbocycles. The summed E-state index contributed by atoms with van der Waals surface area (Å²) in [6, 6.07) is 6.78. The number of rotatable bonds is 3. The fourth-order valence-electron chi connectivity index (χ4n) is 2.94. The van der Waals surface area contributed by atoms with Gasteiger partial charge in [0.1, 0.15) is 18.1 Å². The molecule has 1 aromatic heterocycles. The Balaban J connectivity index is 2.17. The van der Waals surface area contributed by atoms with Crippen molar-refractivity contribution in [3.63, 3.8) is 0 Å². The Morgan fingerprint density at radius 3 is 2.75 bits per heavy atom. The number of fused-ring (bicyclic) bond motifs is 1. The summed E-state index contributed by atoms with van der Waals surface area (Å²) in [6.45, 7) is 6.98. The number of pyridine rings is 1. The van der Waals surface area contributed by atoms with Crippen LogP contribution in [0.25, 0.3) is 16.8 Å². The van der Waals surface area contributed by atoms with Gasteiger partial charge in [-0.2, -0.15) is 0 Å². The van der Waals surface area contributed by atoms with E-state index in [0.29, 0.717) is 35.5 Å². The Bertz CT molecular complexity index is 802. The summed E-state index contributed by atoms with van der Waals surface area (Å²) < 4.78 is 33.8. The predicted molar refractivity (Wildman–Crippen MR) is 90.9 cm³/mol. The van der Waals surface area contributed by atoms with Gasteiger partial charge in [-0.1, -0.05) is 18.7 Å². The molecule has 0 aliphatic carbocycles. The van der Waals surface area contributed by atoms with Crippen molar-refractivity contribution in [3.8, 4) is 17.0 Å². The van der Waals surface area contributed by atoms with Gasteiger partial charge in [0.05, 0.1) is 11.4 Å². The molecule has 1 aromatic carbocycles. The molecule has 1 aliphatic rings. The Kier molecular flexibility index (Phi) is 4.26. The van der Waals surface area contributed by atoms with Crippen molar-refractivity contribution in [1.29, 1.82) is 0 Å². The number of nitrogens with zero attached hydrogens (tertiary/aromatic N) is 1. The monoisotopic (exact) mass is 330 g/mol. The van der Waals surface area contributed by atoms with Crippen LogP contribution in [0, 0.1) is 12.7 Å². The third-order valence-corrected chi connectivity index (χ3v) is 4.28. The van der Waals surface area contributed by atoms with E-state index in [1.54, 1.807) is 12.1 Å². The van der Waals surface area contributed by atoms with Gasteiger partial charge in [-0.25, -0.2) is 13.8 Å². The van der Waals surface area contributed by atoms with E-state index in [2.05, 4.69) is 11.6 Å². The molecule has 0 amide bonds. The highest BCUT2D eigenvalue weighted by Crippen LogP contribution is 2.38. The number of nitrogens with two attached hydrogens (primary N) is 1. The first-order valence-electron chi connectivity index (χ1n) is 7.92. The molecule has 2 N–H and O–H groups in total. The minimum atomic E-state index is -1.11. The molecule has 2 aromatic rings. The van der Waals surface area contributed by atoms with Crippen LogP contribution in [0.3, 0.4) is 0 Å². The molecule has 5 heteroatoms. The number of hydrogen-bond acceptors (Lipinski definition) is 3. The van der Waals surface area contributed by atoms with Crippen LogP contribution in [0.5, 0.6) is 5.88 Å². The van der Waals surface area contributed by atoms with Crippen molar-refractivity contribution >= 4 is 5.70 Å². The van der Waals surface area contributed by atoms with Gasteiger partial charge in [-0.3, -0.25) is 0 Å². The highest BCUT2D eigenvalue weighted by molar-refractivity contribution is 5.74. The van der Waals surface area contributed by atoms with Crippen LogP contribution in [-0.2, 0) is 6.42 Å². The fourth-order valence-corrected chi connectivity index (χ4v) is 2.94. The van der Waals surface area contributed by atoms with Crippen molar-refractivity contribution in [1.82, 2.24) is 4.98 Å². The molecule has 126 valence electrons. The number of aromatic nitrogens is 1. The van der Waals surface area contributed by atoms with E-state index >= 15 is 0 Å². The maximum Gasteiger partial charge on any atom is 0.218 e.